The fourth-order valence-corrected chi connectivity index (χ4v) is 2.96. The van der Waals surface area contributed by atoms with Gasteiger partial charge in [0.05, 0.1) is 4.34 Å². The fourth-order valence-electron chi connectivity index (χ4n) is 1.09. The lowest BCUT2D eigenvalue weighted by Gasteiger charge is -1.87. The molecule has 1 nitrogen and oxygen atoms in total. The number of hydrogen-bond acceptors (Lipinski definition) is 3. The lowest BCUT2D eigenvalue weighted by molar-refractivity contribution is 1.11. The first-order valence-corrected chi connectivity index (χ1v) is 5.90. The molecule has 0 fully saturated rings. The first-order chi connectivity index (χ1) is 6.29. The van der Waals surface area contributed by atoms with Crippen LogP contribution in [0.4, 0.5) is 0 Å². The normalized spacial score (nSPS) is 10.6. The highest BCUT2D eigenvalue weighted by atomic mass is 35.5. The SMILES string of the molecule is NCc1cc(-c2ccc(Cl)s2)cs1. The van der Waals surface area contributed by atoms with E-state index < -0.39 is 0 Å². The van der Waals surface area contributed by atoms with Gasteiger partial charge in [0.2, 0.25) is 0 Å². The molecule has 4 heteroatoms. The minimum absolute atomic E-state index is 0.615. The molecule has 0 unspecified atom stereocenters. The van der Waals surface area contributed by atoms with E-state index in [0.29, 0.717) is 6.54 Å². The summed E-state index contributed by atoms with van der Waals surface area (Å²) < 4.78 is 0.829. The van der Waals surface area contributed by atoms with Crippen LogP contribution in [-0.2, 0) is 6.54 Å². The first-order valence-electron chi connectivity index (χ1n) is 3.83. The molecule has 0 saturated carbocycles. The van der Waals surface area contributed by atoms with Crippen molar-refractivity contribution >= 4 is 34.3 Å². The van der Waals surface area contributed by atoms with Crippen molar-refractivity contribution in [2.45, 2.75) is 6.54 Å². The number of hydrogen-bond donors (Lipinski definition) is 1. The molecule has 0 spiro atoms. The van der Waals surface area contributed by atoms with Crippen molar-refractivity contribution < 1.29 is 0 Å². The van der Waals surface area contributed by atoms with E-state index in [1.54, 1.807) is 22.7 Å². The molecule has 2 aromatic heterocycles. The Morgan fingerprint density at radius 2 is 2.23 bits per heavy atom. The molecule has 2 N–H and O–H groups in total. The predicted molar refractivity (Wildman–Crippen MR) is 60.5 cm³/mol. The summed E-state index contributed by atoms with van der Waals surface area (Å²) in [4.78, 5) is 2.42. The van der Waals surface area contributed by atoms with Crippen LogP contribution >= 0.6 is 34.3 Å². The Hall–Kier alpha value is -0.350. The van der Waals surface area contributed by atoms with Crippen LogP contribution < -0.4 is 5.73 Å². The standard InChI is InChI=1S/C9H8ClNS2/c10-9-2-1-8(13-9)6-3-7(4-11)12-5-6/h1-3,5H,4,11H2. The van der Waals surface area contributed by atoms with E-state index in [4.69, 9.17) is 17.3 Å². The van der Waals surface area contributed by atoms with Crippen LogP contribution in [-0.4, -0.2) is 0 Å². The average molecular weight is 230 g/mol. The van der Waals surface area contributed by atoms with Crippen molar-refractivity contribution in [1.82, 2.24) is 0 Å². The number of rotatable bonds is 2. The number of thiophene rings is 2. The van der Waals surface area contributed by atoms with Crippen molar-refractivity contribution in [3.05, 3.63) is 32.8 Å². The van der Waals surface area contributed by atoms with Crippen molar-refractivity contribution in [2.24, 2.45) is 5.73 Å². The zero-order valence-electron chi connectivity index (χ0n) is 6.79. The average Bonchev–Trinajstić information content (AvgIpc) is 2.71. The topological polar surface area (TPSA) is 26.0 Å². The Bertz CT molecular complexity index is 405. The Balaban J connectivity index is 2.35. The summed E-state index contributed by atoms with van der Waals surface area (Å²) in [5, 5.41) is 2.12. The van der Waals surface area contributed by atoms with E-state index in [0.717, 1.165) is 4.34 Å². The molecule has 0 bridgehead atoms. The van der Waals surface area contributed by atoms with Crippen LogP contribution in [0.25, 0.3) is 10.4 Å². The van der Waals surface area contributed by atoms with Gasteiger partial charge in [-0.2, -0.15) is 0 Å². The molecule has 2 heterocycles. The molecular weight excluding hydrogens is 222 g/mol. The lowest BCUT2D eigenvalue weighted by Crippen LogP contribution is -1.91. The van der Waals surface area contributed by atoms with Gasteiger partial charge in [0.25, 0.3) is 0 Å². The molecule has 0 radical (unpaired) electrons. The van der Waals surface area contributed by atoms with Crippen LogP contribution in [0.2, 0.25) is 4.34 Å². The van der Waals surface area contributed by atoms with E-state index in [9.17, 15) is 0 Å². The van der Waals surface area contributed by atoms with Gasteiger partial charge in [-0.3, -0.25) is 0 Å². The molecule has 2 aromatic rings. The van der Waals surface area contributed by atoms with E-state index in [-0.39, 0.29) is 0 Å². The maximum absolute atomic E-state index is 5.85. The van der Waals surface area contributed by atoms with Gasteiger partial charge in [-0.25, -0.2) is 0 Å². The molecule has 0 aromatic carbocycles. The smallest absolute Gasteiger partial charge is 0.0934 e. The third-order valence-electron chi connectivity index (χ3n) is 1.71. The molecule has 68 valence electrons. The maximum atomic E-state index is 5.85. The highest BCUT2D eigenvalue weighted by molar-refractivity contribution is 7.19. The van der Waals surface area contributed by atoms with Crippen LogP contribution in [0.1, 0.15) is 4.88 Å². The van der Waals surface area contributed by atoms with E-state index in [1.165, 1.54) is 15.3 Å². The first kappa shape index (κ1) is 9.21. The molecule has 0 aliphatic carbocycles. The third kappa shape index (κ3) is 1.94. The summed E-state index contributed by atoms with van der Waals surface area (Å²) >= 11 is 9.14. The van der Waals surface area contributed by atoms with Crippen LogP contribution in [0.15, 0.2) is 23.6 Å². The van der Waals surface area contributed by atoms with Crippen LogP contribution in [0, 0.1) is 0 Å². The quantitative estimate of drug-likeness (QED) is 0.837. The van der Waals surface area contributed by atoms with Gasteiger partial charge in [-0.15, -0.1) is 22.7 Å². The van der Waals surface area contributed by atoms with Crippen LogP contribution in [0.3, 0.4) is 0 Å². The second kappa shape index (κ2) is 3.80. The van der Waals surface area contributed by atoms with Gasteiger partial charge in [0.1, 0.15) is 0 Å². The van der Waals surface area contributed by atoms with Crippen molar-refractivity contribution in [2.75, 3.05) is 0 Å². The fraction of sp³-hybridized carbons (Fsp3) is 0.111. The number of nitrogens with two attached hydrogens (primary N) is 1. The zero-order valence-corrected chi connectivity index (χ0v) is 9.18. The van der Waals surface area contributed by atoms with Gasteiger partial charge in [-0.1, -0.05) is 11.6 Å². The molecular formula is C9H8ClNS2. The second-order valence-corrected chi connectivity index (χ2v) is 5.32. The van der Waals surface area contributed by atoms with Crippen molar-refractivity contribution in [3.8, 4) is 10.4 Å². The highest BCUT2D eigenvalue weighted by Gasteiger charge is 2.03. The maximum Gasteiger partial charge on any atom is 0.0934 e. The highest BCUT2D eigenvalue weighted by Crippen LogP contribution is 2.33. The summed E-state index contributed by atoms with van der Waals surface area (Å²) in [6, 6.07) is 6.07. The molecule has 13 heavy (non-hydrogen) atoms. The summed E-state index contributed by atoms with van der Waals surface area (Å²) in [5.74, 6) is 0. The summed E-state index contributed by atoms with van der Waals surface area (Å²) in [6.45, 7) is 0.615. The van der Waals surface area contributed by atoms with Crippen molar-refractivity contribution in [3.63, 3.8) is 0 Å². The van der Waals surface area contributed by atoms with E-state index >= 15 is 0 Å². The minimum atomic E-state index is 0.615. The van der Waals surface area contributed by atoms with Gasteiger partial charge in [0.15, 0.2) is 0 Å². The summed E-state index contributed by atoms with van der Waals surface area (Å²) in [5.41, 5.74) is 6.76. The summed E-state index contributed by atoms with van der Waals surface area (Å²) in [7, 11) is 0. The molecule has 2 rings (SSSR count). The lowest BCUT2D eigenvalue weighted by atomic mass is 10.2. The van der Waals surface area contributed by atoms with Gasteiger partial charge in [0, 0.05) is 21.9 Å². The predicted octanol–water partition coefficient (Wildman–Crippen LogP) is 3.59. The zero-order chi connectivity index (χ0) is 9.26. The molecule has 0 aliphatic heterocycles. The molecule has 0 aliphatic rings. The van der Waals surface area contributed by atoms with Gasteiger partial charge >= 0.3 is 0 Å². The largest absolute Gasteiger partial charge is 0.326 e. The molecule has 0 amide bonds. The molecule has 0 atom stereocenters. The third-order valence-corrected chi connectivity index (χ3v) is 3.95. The minimum Gasteiger partial charge on any atom is -0.326 e. The Morgan fingerprint density at radius 1 is 1.38 bits per heavy atom. The van der Waals surface area contributed by atoms with E-state index in [1.807, 2.05) is 12.1 Å². The van der Waals surface area contributed by atoms with Crippen LogP contribution in [0.5, 0.6) is 0 Å². The monoisotopic (exact) mass is 229 g/mol. The van der Waals surface area contributed by atoms with Crippen molar-refractivity contribution in [1.29, 1.82) is 0 Å². The Morgan fingerprint density at radius 3 is 2.77 bits per heavy atom. The van der Waals surface area contributed by atoms with Gasteiger partial charge in [-0.05, 0) is 23.6 Å². The Labute approximate surface area is 89.8 Å². The second-order valence-electron chi connectivity index (χ2n) is 2.61. The summed E-state index contributed by atoms with van der Waals surface area (Å²) in [6.07, 6.45) is 0. The number of halogens is 1. The Kier molecular flexibility index (Phi) is 2.69. The molecule has 0 saturated heterocycles. The van der Waals surface area contributed by atoms with E-state index in [2.05, 4.69) is 11.4 Å². The van der Waals surface area contributed by atoms with Gasteiger partial charge < -0.3 is 5.73 Å².